The highest BCUT2D eigenvalue weighted by Crippen LogP contribution is 2.20. The van der Waals surface area contributed by atoms with Gasteiger partial charge >= 0.3 is 0 Å². The van der Waals surface area contributed by atoms with Gasteiger partial charge in [0.1, 0.15) is 5.75 Å². The largest absolute Gasteiger partial charge is 0.507 e. The first kappa shape index (κ1) is 11.1. The van der Waals surface area contributed by atoms with Gasteiger partial charge in [-0.2, -0.15) is 0 Å². The SMILES string of the molecule is NC(N)=NCCc1ccc(I)c(O)c1. The van der Waals surface area contributed by atoms with Gasteiger partial charge in [-0.25, -0.2) is 0 Å². The molecule has 0 aromatic heterocycles. The average Bonchev–Trinajstić information content (AvgIpc) is 2.10. The average molecular weight is 305 g/mol. The lowest BCUT2D eigenvalue weighted by atomic mass is 10.1. The van der Waals surface area contributed by atoms with Crippen molar-refractivity contribution >= 4 is 28.6 Å². The van der Waals surface area contributed by atoms with Crippen molar-refractivity contribution in [3.63, 3.8) is 0 Å². The van der Waals surface area contributed by atoms with Crippen LogP contribution < -0.4 is 11.5 Å². The predicted octanol–water partition coefficient (Wildman–Crippen LogP) is 0.813. The molecular formula is C9H12IN3O. The number of aromatic hydroxyl groups is 1. The minimum Gasteiger partial charge on any atom is -0.507 e. The Hall–Kier alpha value is -0.980. The fraction of sp³-hybridized carbons (Fsp3) is 0.222. The second kappa shape index (κ2) is 5.04. The number of phenolic OH excluding ortho intramolecular Hbond substituents is 1. The van der Waals surface area contributed by atoms with E-state index in [-0.39, 0.29) is 5.96 Å². The molecule has 0 aliphatic heterocycles. The molecule has 0 saturated heterocycles. The molecule has 1 aromatic rings. The van der Waals surface area contributed by atoms with E-state index in [0.29, 0.717) is 12.3 Å². The summed E-state index contributed by atoms with van der Waals surface area (Å²) in [7, 11) is 0. The summed E-state index contributed by atoms with van der Waals surface area (Å²) in [6, 6.07) is 5.54. The minimum atomic E-state index is 0.0970. The summed E-state index contributed by atoms with van der Waals surface area (Å²) in [6.07, 6.45) is 0.725. The summed E-state index contributed by atoms with van der Waals surface area (Å²) in [4.78, 5) is 3.86. The van der Waals surface area contributed by atoms with Crippen LogP contribution in [0.4, 0.5) is 0 Å². The molecule has 0 fully saturated rings. The summed E-state index contributed by atoms with van der Waals surface area (Å²) in [5.41, 5.74) is 11.4. The molecule has 4 nitrogen and oxygen atoms in total. The second-order valence-corrected chi connectivity index (χ2v) is 4.00. The molecule has 0 amide bonds. The van der Waals surface area contributed by atoms with Gasteiger partial charge in [0.15, 0.2) is 5.96 Å². The standard InChI is InChI=1S/C9H12IN3O/c10-7-2-1-6(5-8(7)14)3-4-13-9(11)12/h1-2,5,14H,3-4H2,(H4,11,12,13). The molecule has 0 aliphatic rings. The molecule has 1 rings (SSSR count). The van der Waals surface area contributed by atoms with E-state index in [9.17, 15) is 5.11 Å². The van der Waals surface area contributed by atoms with Gasteiger partial charge in [-0.1, -0.05) is 6.07 Å². The number of phenols is 1. The van der Waals surface area contributed by atoms with Crippen LogP contribution in [0.3, 0.4) is 0 Å². The number of nitrogens with zero attached hydrogens (tertiary/aromatic N) is 1. The number of hydrogen-bond acceptors (Lipinski definition) is 2. The number of aliphatic imine (C=N–C) groups is 1. The van der Waals surface area contributed by atoms with Crippen LogP contribution in [0.2, 0.25) is 0 Å². The van der Waals surface area contributed by atoms with Gasteiger partial charge < -0.3 is 16.6 Å². The quantitative estimate of drug-likeness (QED) is 0.439. The van der Waals surface area contributed by atoms with E-state index in [2.05, 4.69) is 27.6 Å². The Morgan fingerprint density at radius 3 is 2.71 bits per heavy atom. The first-order chi connectivity index (χ1) is 6.59. The highest BCUT2D eigenvalue weighted by molar-refractivity contribution is 14.1. The zero-order valence-electron chi connectivity index (χ0n) is 7.57. The van der Waals surface area contributed by atoms with Crippen molar-refractivity contribution in [1.82, 2.24) is 0 Å². The van der Waals surface area contributed by atoms with Crippen LogP contribution in [0.25, 0.3) is 0 Å². The fourth-order valence-electron chi connectivity index (χ4n) is 1.03. The van der Waals surface area contributed by atoms with Crippen molar-refractivity contribution in [1.29, 1.82) is 0 Å². The predicted molar refractivity (Wildman–Crippen MR) is 65.2 cm³/mol. The Morgan fingerprint density at radius 1 is 1.43 bits per heavy atom. The minimum absolute atomic E-state index is 0.0970. The summed E-state index contributed by atoms with van der Waals surface area (Å²) < 4.78 is 0.841. The highest BCUT2D eigenvalue weighted by atomic mass is 127. The van der Waals surface area contributed by atoms with Crippen LogP contribution in [-0.2, 0) is 6.42 Å². The number of nitrogens with two attached hydrogens (primary N) is 2. The van der Waals surface area contributed by atoms with Crippen LogP contribution in [0.1, 0.15) is 5.56 Å². The molecule has 0 saturated carbocycles. The maximum absolute atomic E-state index is 9.42. The van der Waals surface area contributed by atoms with E-state index >= 15 is 0 Å². The van der Waals surface area contributed by atoms with Gasteiger partial charge in [-0.15, -0.1) is 0 Å². The van der Waals surface area contributed by atoms with Crippen LogP contribution in [0.5, 0.6) is 5.75 Å². The Labute approximate surface area is 96.2 Å². The molecule has 0 spiro atoms. The first-order valence-electron chi connectivity index (χ1n) is 4.12. The highest BCUT2D eigenvalue weighted by Gasteiger charge is 1.98. The number of benzene rings is 1. The molecule has 0 unspecified atom stereocenters. The Kier molecular flexibility index (Phi) is 3.99. The van der Waals surface area contributed by atoms with Crippen molar-refractivity contribution in [2.24, 2.45) is 16.5 Å². The summed E-state index contributed by atoms with van der Waals surface area (Å²) >= 11 is 2.07. The van der Waals surface area contributed by atoms with Crippen molar-refractivity contribution in [2.45, 2.75) is 6.42 Å². The molecule has 0 aliphatic carbocycles. The molecule has 76 valence electrons. The Balaban J connectivity index is 2.60. The van der Waals surface area contributed by atoms with Crippen molar-refractivity contribution < 1.29 is 5.11 Å². The second-order valence-electron chi connectivity index (χ2n) is 2.84. The third-order valence-electron chi connectivity index (χ3n) is 1.71. The van der Waals surface area contributed by atoms with E-state index in [0.717, 1.165) is 15.6 Å². The van der Waals surface area contributed by atoms with E-state index in [1.807, 2.05) is 12.1 Å². The third-order valence-corrected chi connectivity index (χ3v) is 2.62. The van der Waals surface area contributed by atoms with Gasteiger partial charge in [0.05, 0.1) is 3.57 Å². The van der Waals surface area contributed by atoms with E-state index in [1.54, 1.807) is 6.07 Å². The van der Waals surface area contributed by atoms with Gasteiger partial charge in [-0.05, 0) is 46.7 Å². The van der Waals surface area contributed by atoms with E-state index in [4.69, 9.17) is 11.5 Å². The zero-order chi connectivity index (χ0) is 10.6. The molecule has 5 heteroatoms. The fourth-order valence-corrected chi connectivity index (χ4v) is 1.36. The summed E-state index contributed by atoms with van der Waals surface area (Å²) in [6.45, 7) is 0.544. The maximum atomic E-state index is 9.42. The normalized spacial score (nSPS) is 9.79. The smallest absolute Gasteiger partial charge is 0.185 e. The molecule has 1 aromatic carbocycles. The van der Waals surface area contributed by atoms with Crippen molar-refractivity contribution in [3.05, 3.63) is 27.3 Å². The van der Waals surface area contributed by atoms with Gasteiger partial charge in [0.25, 0.3) is 0 Å². The monoisotopic (exact) mass is 305 g/mol. The van der Waals surface area contributed by atoms with Crippen LogP contribution in [-0.4, -0.2) is 17.6 Å². The molecule has 0 atom stereocenters. The first-order valence-corrected chi connectivity index (χ1v) is 5.20. The van der Waals surface area contributed by atoms with E-state index in [1.165, 1.54) is 0 Å². The van der Waals surface area contributed by atoms with Gasteiger partial charge in [0.2, 0.25) is 0 Å². The number of halogens is 1. The molecule has 0 radical (unpaired) electrons. The van der Waals surface area contributed by atoms with Gasteiger partial charge in [0, 0.05) is 6.54 Å². The lowest BCUT2D eigenvalue weighted by Crippen LogP contribution is -2.23. The Morgan fingerprint density at radius 2 is 2.14 bits per heavy atom. The van der Waals surface area contributed by atoms with Crippen molar-refractivity contribution in [2.75, 3.05) is 6.54 Å². The number of guanidine groups is 1. The number of hydrogen-bond donors (Lipinski definition) is 3. The summed E-state index contributed by atoms with van der Waals surface area (Å²) in [5.74, 6) is 0.396. The van der Waals surface area contributed by atoms with Gasteiger partial charge in [-0.3, -0.25) is 4.99 Å². The van der Waals surface area contributed by atoms with Crippen LogP contribution in [0.15, 0.2) is 23.2 Å². The maximum Gasteiger partial charge on any atom is 0.185 e. The number of rotatable bonds is 3. The third kappa shape index (κ3) is 3.41. The topological polar surface area (TPSA) is 84.6 Å². The molecule has 0 heterocycles. The zero-order valence-corrected chi connectivity index (χ0v) is 9.73. The van der Waals surface area contributed by atoms with E-state index < -0.39 is 0 Å². The summed E-state index contributed by atoms with van der Waals surface area (Å²) in [5, 5.41) is 9.42. The molecule has 5 N–H and O–H groups in total. The lowest BCUT2D eigenvalue weighted by molar-refractivity contribution is 0.470. The van der Waals surface area contributed by atoms with Crippen LogP contribution in [0, 0.1) is 3.57 Å². The molecule has 14 heavy (non-hydrogen) atoms. The molecular weight excluding hydrogens is 293 g/mol. The Bertz CT molecular complexity index is 348. The lowest BCUT2D eigenvalue weighted by Gasteiger charge is -2.01. The van der Waals surface area contributed by atoms with Crippen LogP contribution >= 0.6 is 22.6 Å². The van der Waals surface area contributed by atoms with Crippen molar-refractivity contribution in [3.8, 4) is 5.75 Å². The molecule has 0 bridgehead atoms.